The standard InChI is InChI=1S/C44H58N2O10/c1-9-36(54-42(48)45-33-16-11-10-12-17-33)32(6)41-37(53-41)26-28(2)14-13-15-30(4)40-31(5)18-23-38(44(7,8)25-24-29(3)27-39(47)56-40)55-43(49)52-35-21-19-34(20-22-35)46(50)51/h10-23,28-29,31-32,36-38,40-41H,9,24-27H2,1-8H3,(H,45,48)/b14-13+,23-18+,30-15+. The zero-order valence-corrected chi connectivity index (χ0v) is 33.8. The number of amides is 1. The van der Waals surface area contributed by atoms with E-state index in [-0.39, 0.29) is 65.8 Å². The van der Waals surface area contributed by atoms with E-state index in [1.54, 1.807) is 0 Å². The van der Waals surface area contributed by atoms with Crippen molar-refractivity contribution in [3.8, 4) is 5.75 Å². The number of nitrogens with zero attached hydrogens (tertiary/aromatic N) is 1. The second-order valence-electron chi connectivity index (χ2n) is 16.0. The van der Waals surface area contributed by atoms with E-state index in [0.29, 0.717) is 24.9 Å². The van der Waals surface area contributed by atoms with Crippen LogP contribution in [0.4, 0.5) is 21.0 Å². The third-order valence-electron chi connectivity index (χ3n) is 10.6. The van der Waals surface area contributed by atoms with Crippen molar-refractivity contribution in [3.63, 3.8) is 0 Å². The molecule has 2 aliphatic rings. The van der Waals surface area contributed by atoms with Crippen molar-refractivity contribution in [2.45, 2.75) is 118 Å². The summed E-state index contributed by atoms with van der Waals surface area (Å²) >= 11 is 0. The van der Waals surface area contributed by atoms with E-state index in [2.05, 4.69) is 25.2 Å². The fraction of sp³-hybridized carbons (Fsp3) is 0.523. The number of cyclic esters (lactones) is 1. The number of allylic oxidation sites excluding steroid dienone is 3. The van der Waals surface area contributed by atoms with Gasteiger partial charge in [-0.05, 0) is 80.4 Å². The molecule has 1 amide bonds. The molecule has 1 fully saturated rings. The number of nitro benzene ring substituents is 1. The van der Waals surface area contributed by atoms with Gasteiger partial charge in [-0.3, -0.25) is 20.2 Å². The van der Waals surface area contributed by atoms with Gasteiger partial charge in [-0.15, -0.1) is 0 Å². The number of para-hydroxylation sites is 1. The average molecular weight is 775 g/mol. The molecule has 2 aliphatic heterocycles. The maximum Gasteiger partial charge on any atom is 0.514 e. The molecule has 304 valence electrons. The first-order valence-electron chi connectivity index (χ1n) is 19.6. The van der Waals surface area contributed by atoms with E-state index in [1.165, 1.54) is 24.3 Å². The maximum absolute atomic E-state index is 13.1. The summed E-state index contributed by atoms with van der Waals surface area (Å²) in [5.41, 5.74) is 0.935. The third-order valence-corrected chi connectivity index (χ3v) is 10.6. The van der Waals surface area contributed by atoms with E-state index < -0.39 is 34.8 Å². The summed E-state index contributed by atoms with van der Waals surface area (Å²) in [7, 11) is 0. The van der Waals surface area contributed by atoms with E-state index in [1.807, 2.05) is 96.2 Å². The number of ether oxygens (including phenoxy) is 5. The van der Waals surface area contributed by atoms with Gasteiger partial charge in [0.1, 0.15) is 24.1 Å². The molecule has 9 unspecified atom stereocenters. The Morgan fingerprint density at radius 3 is 2.43 bits per heavy atom. The van der Waals surface area contributed by atoms with Gasteiger partial charge in [0, 0.05) is 41.5 Å². The predicted molar refractivity (Wildman–Crippen MR) is 214 cm³/mol. The Kier molecular flexibility index (Phi) is 15.8. The highest BCUT2D eigenvalue weighted by molar-refractivity contribution is 5.84. The number of benzene rings is 2. The van der Waals surface area contributed by atoms with Crippen molar-refractivity contribution in [1.29, 1.82) is 0 Å². The van der Waals surface area contributed by atoms with Crippen molar-refractivity contribution in [1.82, 2.24) is 0 Å². The van der Waals surface area contributed by atoms with Gasteiger partial charge < -0.3 is 23.7 Å². The second kappa shape index (κ2) is 20.3. The lowest BCUT2D eigenvalue weighted by atomic mass is 9.78. The summed E-state index contributed by atoms with van der Waals surface area (Å²) in [6.45, 7) is 16.1. The number of esters is 1. The van der Waals surface area contributed by atoms with E-state index >= 15 is 0 Å². The summed E-state index contributed by atoms with van der Waals surface area (Å²) in [6.07, 6.45) is 10.1. The zero-order valence-electron chi connectivity index (χ0n) is 33.8. The second-order valence-corrected chi connectivity index (χ2v) is 16.0. The molecule has 12 heteroatoms. The van der Waals surface area contributed by atoms with Gasteiger partial charge in [0.05, 0.1) is 17.1 Å². The Morgan fingerprint density at radius 2 is 1.77 bits per heavy atom. The lowest BCUT2D eigenvalue weighted by molar-refractivity contribution is -0.384. The Hall–Kier alpha value is -4.97. The largest absolute Gasteiger partial charge is 0.514 e. The number of anilines is 1. The molecule has 0 aromatic heterocycles. The molecule has 12 nitrogen and oxygen atoms in total. The van der Waals surface area contributed by atoms with Crippen LogP contribution in [-0.4, -0.2) is 53.7 Å². The van der Waals surface area contributed by atoms with Crippen LogP contribution in [-0.2, 0) is 23.7 Å². The van der Waals surface area contributed by atoms with Gasteiger partial charge in [-0.25, -0.2) is 9.59 Å². The number of carbonyl (C=O) groups is 3. The molecule has 56 heavy (non-hydrogen) atoms. The van der Waals surface area contributed by atoms with Crippen LogP contribution >= 0.6 is 0 Å². The number of non-ortho nitro benzene ring substituents is 1. The van der Waals surface area contributed by atoms with Crippen LogP contribution in [0.5, 0.6) is 5.75 Å². The van der Waals surface area contributed by atoms with Crippen LogP contribution in [0.2, 0.25) is 0 Å². The van der Waals surface area contributed by atoms with Crippen molar-refractivity contribution in [2.24, 2.45) is 29.1 Å². The predicted octanol–water partition coefficient (Wildman–Crippen LogP) is 10.4. The molecule has 2 aromatic carbocycles. The third kappa shape index (κ3) is 13.4. The molecule has 0 aliphatic carbocycles. The number of rotatable bonds is 13. The smallest absolute Gasteiger partial charge is 0.457 e. The van der Waals surface area contributed by atoms with E-state index in [0.717, 1.165) is 12.0 Å². The summed E-state index contributed by atoms with van der Waals surface area (Å²) in [5.74, 6) is -0.106. The minimum Gasteiger partial charge on any atom is -0.457 e. The first-order chi connectivity index (χ1) is 26.6. The van der Waals surface area contributed by atoms with Gasteiger partial charge in [-0.1, -0.05) is 91.0 Å². The quantitative estimate of drug-likeness (QED) is 0.0304. The highest BCUT2D eigenvalue weighted by atomic mass is 16.7. The van der Waals surface area contributed by atoms with E-state index in [9.17, 15) is 24.5 Å². The first kappa shape index (κ1) is 43.8. The van der Waals surface area contributed by atoms with E-state index in [4.69, 9.17) is 23.7 Å². The molecule has 0 saturated carbocycles. The molecule has 4 rings (SSSR count). The Bertz CT molecular complexity index is 1720. The summed E-state index contributed by atoms with van der Waals surface area (Å²) < 4.78 is 29.1. The van der Waals surface area contributed by atoms with Gasteiger partial charge >= 0.3 is 18.2 Å². The fourth-order valence-corrected chi connectivity index (χ4v) is 6.97. The average Bonchev–Trinajstić information content (AvgIpc) is 3.92. The summed E-state index contributed by atoms with van der Waals surface area (Å²) in [4.78, 5) is 49.1. The molecule has 0 bridgehead atoms. The van der Waals surface area contributed by atoms with Crippen molar-refractivity contribution in [3.05, 3.63) is 101 Å². The van der Waals surface area contributed by atoms with Crippen LogP contribution in [0.15, 0.2) is 90.6 Å². The Balaban J connectivity index is 1.37. The van der Waals surface area contributed by atoms with Crippen molar-refractivity contribution in [2.75, 3.05) is 5.32 Å². The SMILES string of the molecule is CCC(OC(=O)Nc1ccccc1)C(C)C1OC1CC(C)/C=C/C=C(\C)C1OC(=O)CC(C)CCC(C)(C)C(OC(=O)Oc2ccc([N+](=O)[O-])cc2)/C=C/C1C. The Labute approximate surface area is 330 Å². The molecular formula is C44H58N2O10. The van der Waals surface area contributed by atoms with Crippen molar-refractivity contribution < 1.29 is 43.0 Å². The highest BCUT2D eigenvalue weighted by Gasteiger charge is 2.46. The topological polar surface area (TPSA) is 156 Å². The molecular weight excluding hydrogens is 716 g/mol. The van der Waals surface area contributed by atoms with Crippen LogP contribution in [0, 0.1) is 39.2 Å². The van der Waals surface area contributed by atoms with Crippen LogP contribution < -0.4 is 10.1 Å². The fourth-order valence-electron chi connectivity index (χ4n) is 6.97. The zero-order chi connectivity index (χ0) is 41.0. The summed E-state index contributed by atoms with van der Waals surface area (Å²) in [6, 6.07) is 14.4. The number of nitro groups is 1. The molecule has 0 radical (unpaired) electrons. The van der Waals surface area contributed by atoms with Gasteiger partial charge in [0.15, 0.2) is 0 Å². The minimum absolute atomic E-state index is 0.00484. The number of epoxide rings is 1. The van der Waals surface area contributed by atoms with Crippen LogP contribution in [0.3, 0.4) is 0 Å². The summed E-state index contributed by atoms with van der Waals surface area (Å²) in [5, 5.41) is 13.8. The van der Waals surface area contributed by atoms with Gasteiger partial charge in [-0.2, -0.15) is 0 Å². The Morgan fingerprint density at radius 1 is 1.07 bits per heavy atom. The lowest BCUT2D eigenvalue weighted by Crippen LogP contribution is -2.35. The number of hydrogen-bond donors (Lipinski definition) is 1. The molecule has 1 saturated heterocycles. The monoisotopic (exact) mass is 774 g/mol. The van der Waals surface area contributed by atoms with Gasteiger partial charge in [0.25, 0.3) is 5.69 Å². The van der Waals surface area contributed by atoms with Crippen LogP contribution in [0.25, 0.3) is 0 Å². The van der Waals surface area contributed by atoms with Gasteiger partial charge in [0.2, 0.25) is 0 Å². The van der Waals surface area contributed by atoms with Crippen LogP contribution in [0.1, 0.15) is 87.5 Å². The molecule has 0 spiro atoms. The molecule has 9 atom stereocenters. The minimum atomic E-state index is -0.921. The maximum atomic E-state index is 13.1. The molecule has 2 aromatic rings. The lowest BCUT2D eigenvalue weighted by Gasteiger charge is -2.33. The normalized spacial score (nSPS) is 26.3. The molecule has 2 heterocycles. The molecule has 1 N–H and O–H groups in total. The first-order valence-corrected chi connectivity index (χ1v) is 19.6. The number of nitrogens with one attached hydrogen (secondary N) is 1. The van der Waals surface area contributed by atoms with Crippen molar-refractivity contribution >= 4 is 29.6 Å². The highest BCUT2D eigenvalue weighted by Crippen LogP contribution is 2.38. The number of hydrogen-bond acceptors (Lipinski definition) is 10. The number of carbonyl (C=O) groups excluding carboxylic acids is 3.